The Balaban J connectivity index is 1.62. The van der Waals surface area contributed by atoms with Crippen molar-refractivity contribution in [3.8, 4) is 5.88 Å². The van der Waals surface area contributed by atoms with Gasteiger partial charge in [-0.15, -0.1) is 0 Å². The van der Waals surface area contributed by atoms with Crippen LogP contribution in [-0.4, -0.2) is 44.7 Å². The number of carbonyl (C=O) groups is 1. The zero-order valence-corrected chi connectivity index (χ0v) is 22.6. The van der Waals surface area contributed by atoms with Crippen molar-refractivity contribution in [1.82, 2.24) is 15.0 Å². The largest absolute Gasteiger partial charge is 0.481 e. The summed E-state index contributed by atoms with van der Waals surface area (Å²) in [6.45, 7) is 4.93. The topological polar surface area (TPSA) is 133 Å². The van der Waals surface area contributed by atoms with Gasteiger partial charge in [-0.1, -0.05) is 6.07 Å². The van der Waals surface area contributed by atoms with E-state index in [9.17, 15) is 23.1 Å². The summed E-state index contributed by atoms with van der Waals surface area (Å²) in [5.74, 6) is -0.187. The highest BCUT2D eigenvalue weighted by molar-refractivity contribution is 5.93. The summed E-state index contributed by atoms with van der Waals surface area (Å²) in [4.78, 5) is 24.1. The van der Waals surface area contributed by atoms with E-state index in [2.05, 4.69) is 36.2 Å². The van der Waals surface area contributed by atoms with E-state index in [1.54, 1.807) is 37.3 Å². The lowest BCUT2D eigenvalue weighted by Crippen LogP contribution is -2.35. The lowest BCUT2D eigenvalue weighted by molar-refractivity contribution is -0.137. The molecule has 2 aromatic heterocycles. The molecule has 0 aliphatic heterocycles. The van der Waals surface area contributed by atoms with Gasteiger partial charge in [0.1, 0.15) is 17.2 Å². The molecule has 0 atom stereocenters. The first kappa shape index (κ1) is 28.9. The SMILES string of the molecule is COc1cc(Nc2ncc(C(F)(F)F)c(Nc3ccc(C)cc3NC(C)=O)n2)cc(NC2CCC(C)(O)CC2)n1. The second kappa shape index (κ2) is 11.5. The number of alkyl halides is 3. The molecule has 1 amide bonds. The summed E-state index contributed by atoms with van der Waals surface area (Å²) < 4.78 is 46.9. The monoisotopic (exact) mass is 559 g/mol. The van der Waals surface area contributed by atoms with Crippen LogP contribution < -0.4 is 26.0 Å². The lowest BCUT2D eigenvalue weighted by atomic mass is 9.84. The van der Waals surface area contributed by atoms with Gasteiger partial charge in [0.25, 0.3) is 0 Å². The number of methoxy groups -OCH3 is 1. The summed E-state index contributed by atoms with van der Waals surface area (Å²) in [6, 6.07) is 8.25. The summed E-state index contributed by atoms with van der Waals surface area (Å²) in [7, 11) is 1.46. The van der Waals surface area contributed by atoms with Gasteiger partial charge in [-0.25, -0.2) is 4.98 Å². The maximum absolute atomic E-state index is 13.8. The van der Waals surface area contributed by atoms with Gasteiger partial charge in [0, 0.05) is 37.0 Å². The highest BCUT2D eigenvalue weighted by Gasteiger charge is 2.35. The average Bonchev–Trinajstić information content (AvgIpc) is 2.86. The Morgan fingerprint density at radius 3 is 2.48 bits per heavy atom. The summed E-state index contributed by atoms with van der Waals surface area (Å²) in [5, 5.41) is 21.8. The van der Waals surface area contributed by atoms with Crippen LogP contribution in [0.3, 0.4) is 0 Å². The van der Waals surface area contributed by atoms with Crippen molar-refractivity contribution in [2.75, 3.05) is 28.4 Å². The van der Waals surface area contributed by atoms with E-state index < -0.39 is 23.2 Å². The molecule has 2 heterocycles. The third kappa shape index (κ3) is 7.50. The van der Waals surface area contributed by atoms with E-state index in [0.29, 0.717) is 36.2 Å². The quantitative estimate of drug-likeness (QED) is 0.234. The van der Waals surface area contributed by atoms with Crippen molar-refractivity contribution in [2.45, 2.75) is 64.3 Å². The summed E-state index contributed by atoms with van der Waals surface area (Å²) in [6.07, 6.45) is -1.23. The molecule has 4 rings (SSSR count). The second-order valence-corrected chi connectivity index (χ2v) is 10.1. The Hall–Kier alpha value is -4.13. The maximum atomic E-state index is 13.8. The number of aryl methyl sites for hydroxylation is 1. The lowest BCUT2D eigenvalue weighted by Gasteiger charge is -2.33. The summed E-state index contributed by atoms with van der Waals surface area (Å²) >= 11 is 0. The number of aliphatic hydroxyl groups is 1. The molecule has 1 aliphatic rings. The van der Waals surface area contributed by atoms with E-state index in [-0.39, 0.29) is 29.5 Å². The number of halogens is 3. The molecule has 0 saturated heterocycles. The van der Waals surface area contributed by atoms with E-state index >= 15 is 0 Å². The van der Waals surface area contributed by atoms with Gasteiger partial charge in [-0.2, -0.15) is 23.1 Å². The fourth-order valence-electron chi connectivity index (χ4n) is 4.41. The number of nitrogens with zero attached hydrogens (tertiary/aromatic N) is 3. The van der Waals surface area contributed by atoms with Crippen LogP contribution in [0.15, 0.2) is 36.5 Å². The first-order valence-electron chi connectivity index (χ1n) is 12.7. The van der Waals surface area contributed by atoms with Crippen LogP contribution in [0.4, 0.5) is 47.8 Å². The van der Waals surface area contributed by atoms with E-state index in [1.165, 1.54) is 14.0 Å². The van der Waals surface area contributed by atoms with Crippen LogP contribution >= 0.6 is 0 Å². The van der Waals surface area contributed by atoms with Gasteiger partial charge in [0.2, 0.25) is 17.7 Å². The fraction of sp³-hybridized carbons (Fsp3) is 0.407. The molecule has 10 nitrogen and oxygen atoms in total. The van der Waals surface area contributed by atoms with Gasteiger partial charge in [-0.05, 0) is 57.2 Å². The molecule has 0 radical (unpaired) electrons. The molecule has 1 aromatic carbocycles. The third-order valence-corrected chi connectivity index (χ3v) is 6.51. The maximum Gasteiger partial charge on any atom is 0.421 e. The molecule has 3 aromatic rings. The van der Waals surface area contributed by atoms with Gasteiger partial charge in [-0.3, -0.25) is 4.79 Å². The highest BCUT2D eigenvalue weighted by atomic mass is 19.4. The number of carbonyl (C=O) groups excluding carboxylic acids is 1. The standard InChI is InChI=1S/C27H32F3N7O3/c1-15-5-6-20(21(11-15)32-16(2)38)35-24-19(27(28,29)30)14-31-25(37-24)34-18-12-22(36-23(13-18)40-4)33-17-7-9-26(3,39)10-8-17/h5-6,11-14,17,39H,7-10H2,1-4H3,(H,32,38)(H3,31,33,34,35,36,37). The van der Waals surface area contributed by atoms with Crippen molar-refractivity contribution in [3.63, 3.8) is 0 Å². The van der Waals surface area contributed by atoms with Crippen molar-refractivity contribution in [3.05, 3.63) is 47.7 Å². The first-order chi connectivity index (χ1) is 18.8. The number of amides is 1. The number of aromatic nitrogens is 3. The van der Waals surface area contributed by atoms with Crippen LogP contribution in [0.5, 0.6) is 5.88 Å². The van der Waals surface area contributed by atoms with Crippen LogP contribution in [0.1, 0.15) is 50.7 Å². The minimum Gasteiger partial charge on any atom is -0.481 e. The molecule has 0 unspecified atom stereocenters. The van der Waals surface area contributed by atoms with Crippen molar-refractivity contribution in [2.24, 2.45) is 0 Å². The zero-order chi connectivity index (χ0) is 29.1. The molecular formula is C27H32F3N7O3. The zero-order valence-electron chi connectivity index (χ0n) is 22.6. The van der Waals surface area contributed by atoms with Crippen LogP contribution in [0.2, 0.25) is 0 Å². The Kier molecular flexibility index (Phi) is 8.33. The first-order valence-corrected chi connectivity index (χ1v) is 12.7. The van der Waals surface area contributed by atoms with Crippen molar-refractivity contribution in [1.29, 1.82) is 0 Å². The molecular weight excluding hydrogens is 527 g/mol. The third-order valence-electron chi connectivity index (χ3n) is 6.51. The number of anilines is 6. The predicted octanol–water partition coefficient (Wildman–Crippen LogP) is 5.76. The second-order valence-electron chi connectivity index (χ2n) is 10.1. The number of ether oxygens (including phenoxy) is 1. The molecule has 5 N–H and O–H groups in total. The van der Waals surface area contributed by atoms with Crippen LogP contribution in [-0.2, 0) is 11.0 Å². The normalized spacial score (nSPS) is 19.1. The van der Waals surface area contributed by atoms with E-state index in [4.69, 9.17) is 4.74 Å². The minimum atomic E-state index is -4.73. The average molecular weight is 560 g/mol. The molecule has 13 heteroatoms. The Bertz CT molecular complexity index is 1370. The van der Waals surface area contributed by atoms with Gasteiger partial charge >= 0.3 is 6.18 Å². The molecule has 40 heavy (non-hydrogen) atoms. The molecule has 1 aliphatic carbocycles. The van der Waals surface area contributed by atoms with Crippen LogP contribution in [0, 0.1) is 6.92 Å². The minimum absolute atomic E-state index is 0.0955. The van der Waals surface area contributed by atoms with Crippen molar-refractivity contribution < 1.29 is 27.8 Å². The molecule has 1 fully saturated rings. The van der Waals surface area contributed by atoms with Gasteiger partial charge in [0.15, 0.2) is 0 Å². The number of rotatable bonds is 8. The van der Waals surface area contributed by atoms with E-state index in [0.717, 1.165) is 18.4 Å². The number of hydrogen-bond acceptors (Lipinski definition) is 9. The summed E-state index contributed by atoms with van der Waals surface area (Å²) in [5.41, 5.74) is 0.0456. The number of benzene rings is 1. The molecule has 214 valence electrons. The van der Waals surface area contributed by atoms with Crippen LogP contribution in [0.25, 0.3) is 0 Å². The molecule has 0 spiro atoms. The Labute approximate surface area is 229 Å². The molecule has 0 bridgehead atoms. The smallest absolute Gasteiger partial charge is 0.421 e. The van der Waals surface area contributed by atoms with Gasteiger partial charge < -0.3 is 31.1 Å². The van der Waals surface area contributed by atoms with Gasteiger partial charge in [0.05, 0.1) is 24.1 Å². The Morgan fingerprint density at radius 2 is 1.82 bits per heavy atom. The van der Waals surface area contributed by atoms with Crippen molar-refractivity contribution >= 4 is 40.6 Å². The number of hydrogen-bond donors (Lipinski definition) is 5. The fourth-order valence-corrected chi connectivity index (χ4v) is 4.41. The molecule has 1 saturated carbocycles. The predicted molar refractivity (Wildman–Crippen MR) is 146 cm³/mol. The number of pyridine rings is 1. The Morgan fingerprint density at radius 1 is 1.10 bits per heavy atom. The number of nitrogens with one attached hydrogen (secondary N) is 4. The highest BCUT2D eigenvalue weighted by Crippen LogP contribution is 2.37. The van der Waals surface area contributed by atoms with E-state index in [1.807, 2.05) is 6.92 Å².